The normalized spacial score (nSPS) is 12.2. The number of anilines is 1. The summed E-state index contributed by atoms with van der Waals surface area (Å²) in [5.74, 6) is -0.528. The zero-order valence-electron chi connectivity index (χ0n) is 20.6. The van der Waals surface area contributed by atoms with Crippen LogP contribution in [0.5, 0.6) is 0 Å². The third kappa shape index (κ3) is 9.14. The number of hydrogen-bond donors (Lipinski definition) is 1. The van der Waals surface area contributed by atoms with Crippen molar-refractivity contribution in [1.82, 2.24) is 10.2 Å². The molecule has 11 heteroatoms. The third-order valence-electron chi connectivity index (χ3n) is 5.60. The van der Waals surface area contributed by atoms with E-state index >= 15 is 0 Å². The van der Waals surface area contributed by atoms with E-state index in [-0.39, 0.29) is 37.7 Å². The fourth-order valence-corrected chi connectivity index (χ4v) is 4.98. The number of nitrogens with one attached hydrogen (secondary N) is 1. The van der Waals surface area contributed by atoms with Gasteiger partial charge in [0.2, 0.25) is 21.8 Å². The van der Waals surface area contributed by atoms with E-state index in [1.807, 2.05) is 6.92 Å². The molecule has 198 valence electrons. The molecule has 0 fully saturated rings. The summed E-state index contributed by atoms with van der Waals surface area (Å²) in [6.45, 7) is 4.49. The highest BCUT2D eigenvalue weighted by molar-refractivity contribution is 7.92. The van der Waals surface area contributed by atoms with Gasteiger partial charge in [-0.25, -0.2) is 8.42 Å². The molecule has 1 atom stereocenters. The lowest BCUT2D eigenvalue weighted by atomic mass is 10.1. The number of nitrogens with zero attached hydrogens (tertiary/aromatic N) is 2. The Morgan fingerprint density at radius 1 is 1.00 bits per heavy atom. The topological polar surface area (TPSA) is 86.8 Å². The van der Waals surface area contributed by atoms with Gasteiger partial charge in [-0.15, -0.1) is 0 Å². The second-order valence-electron chi connectivity index (χ2n) is 8.51. The Labute approximate surface area is 228 Å². The summed E-state index contributed by atoms with van der Waals surface area (Å²) < 4.78 is 26.0. The van der Waals surface area contributed by atoms with Gasteiger partial charge in [0.05, 0.1) is 22.0 Å². The monoisotopic (exact) mass is 575 g/mol. The van der Waals surface area contributed by atoms with E-state index in [9.17, 15) is 18.0 Å². The van der Waals surface area contributed by atoms with Crippen LogP contribution in [0.3, 0.4) is 0 Å². The number of hydrogen-bond acceptors (Lipinski definition) is 4. The van der Waals surface area contributed by atoms with Crippen LogP contribution in [-0.2, 0) is 26.2 Å². The van der Waals surface area contributed by atoms with Crippen LogP contribution < -0.4 is 9.62 Å². The lowest BCUT2D eigenvalue weighted by Gasteiger charge is -2.29. The number of rotatable bonds is 13. The Hall–Kier alpha value is -2.00. The van der Waals surface area contributed by atoms with E-state index < -0.39 is 16.1 Å². The first-order valence-corrected chi connectivity index (χ1v) is 14.7. The predicted molar refractivity (Wildman–Crippen MR) is 147 cm³/mol. The van der Waals surface area contributed by atoms with Crippen LogP contribution >= 0.6 is 34.8 Å². The quantitative estimate of drug-likeness (QED) is 0.318. The predicted octanol–water partition coefficient (Wildman–Crippen LogP) is 5.53. The lowest BCUT2D eigenvalue weighted by Crippen LogP contribution is -2.48. The highest BCUT2D eigenvalue weighted by Gasteiger charge is 2.26. The van der Waals surface area contributed by atoms with E-state index in [1.165, 1.54) is 9.21 Å². The summed E-state index contributed by atoms with van der Waals surface area (Å²) in [4.78, 5) is 27.5. The van der Waals surface area contributed by atoms with Crippen LogP contribution in [0.15, 0.2) is 42.5 Å². The molecule has 0 aliphatic rings. The number of unbranched alkanes of at least 4 members (excludes halogenated alkanes) is 1. The van der Waals surface area contributed by atoms with E-state index in [2.05, 4.69) is 5.32 Å². The van der Waals surface area contributed by atoms with Crippen molar-refractivity contribution in [3.05, 3.63) is 63.1 Å². The summed E-state index contributed by atoms with van der Waals surface area (Å²) in [6.07, 6.45) is 3.20. The van der Waals surface area contributed by atoms with Gasteiger partial charge in [-0.2, -0.15) is 0 Å². The molecular formula is C25H32Cl3N3O4S. The molecule has 2 aromatic carbocycles. The zero-order chi connectivity index (χ0) is 26.9. The number of carbonyl (C=O) groups excluding carboxylic acids is 2. The van der Waals surface area contributed by atoms with E-state index in [0.717, 1.165) is 24.7 Å². The summed E-state index contributed by atoms with van der Waals surface area (Å²) in [5.41, 5.74) is 1.19. The summed E-state index contributed by atoms with van der Waals surface area (Å²) >= 11 is 18.1. The zero-order valence-corrected chi connectivity index (χ0v) is 23.7. The summed E-state index contributed by atoms with van der Waals surface area (Å²) in [7, 11) is -3.57. The maximum atomic E-state index is 13.3. The molecule has 0 aromatic heterocycles. The molecule has 7 nitrogen and oxygen atoms in total. The molecule has 2 aromatic rings. The van der Waals surface area contributed by atoms with Crippen LogP contribution in [0.25, 0.3) is 0 Å². The second kappa shape index (κ2) is 14.1. The second-order valence-corrected chi connectivity index (χ2v) is 11.7. The summed E-state index contributed by atoms with van der Waals surface area (Å²) in [6, 6.07) is 10.8. The van der Waals surface area contributed by atoms with Gasteiger partial charge >= 0.3 is 0 Å². The van der Waals surface area contributed by atoms with Gasteiger partial charge in [0, 0.05) is 31.1 Å². The minimum Gasteiger partial charge on any atom is -0.354 e. The Morgan fingerprint density at radius 2 is 1.67 bits per heavy atom. The van der Waals surface area contributed by atoms with Crippen LogP contribution in [-0.4, -0.2) is 50.5 Å². The fraction of sp³-hybridized carbons (Fsp3) is 0.440. The van der Waals surface area contributed by atoms with Gasteiger partial charge in [0.15, 0.2) is 0 Å². The highest BCUT2D eigenvalue weighted by atomic mass is 35.5. The maximum absolute atomic E-state index is 13.3. The van der Waals surface area contributed by atoms with Crippen LogP contribution in [0.1, 0.15) is 45.1 Å². The molecule has 0 aliphatic heterocycles. The molecule has 2 amide bonds. The Morgan fingerprint density at radius 3 is 2.25 bits per heavy atom. The average molecular weight is 577 g/mol. The number of carbonyl (C=O) groups is 2. The third-order valence-corrected chi connectivity index (χ3v) is 7.79. The van der Waals surface area contributed by atoms with Gasteiger partial charge in [-0.3, -0.25) is 13.9 Å². The maximum Gasteiger partial charge on any atom is 0.242 e. The minimum atomic E-state index is -3.57. The number of sulfonamides is 1. The average Bonchev–Trinajstić information content (AvgIpc) is 2.82. The van der Waals surface area contributed by atoms with Crippen molar-refractivity contribution >= 4 is 62.3 Å². The molecule has 0 saturated carbocycles. The van der Waals surface area contributed by atoms with Crippen LogP contribution in [0.2, 0.25) is 15.1 Å². The van der Waals surface area contributed by atoms with Crippen LogP contribution in [0, 0.1) is 0 Å². The molecule has 0 spiro atoms. The van der Waals surface area contributed by atoms with Gasteiger partial charge < -0.3 is 10.2 Å². The molecule has 0 heterocycles. The van der Waals surface area contributed by atoms with Crippen molar-refractivity contribution in [2.75, 3.05) is 23.7 Å². The van der Waals surface area contributed by atoms with E-state index in [1.54, 1.807) is 49.4 Å². The molecule has 36 heavy (non-hydrogen) atoms. The molecule has 0 bridgehead atoms. The van der Waals surface area contributed by atoms with Gasteiger partial charge in [0.1, 0.15) is 6.04 Å². The van der Waals surface area contributed by atoms with Crippen molar-refractivity contribution < 1.29 is 18.0 Å². The van der Waals surface area contributed by atoms with Crippen molar-refractivity contribution in [2.45, 2.75) is 52.1 Å². The standard InChI is InChI=1S/C25H32Cl3N3O4S/c1-4-5-14-29-25(33)18(2)30(17-19-8-13-22(27)23(28)16-19)24(32)7-6-15-31(36(3,34)35)21-11-9-20(26)10-12-21/h8-13,16,18H,4-7,14-15,17H2,1-3H3,(H,29,33)/t18-/m1/s1. The molecule has 2 rings (SSSR count). The number of halogens is 3. The fourth-order valence-electron chi connectivity index (χ4n) is 3.56. The lowest BCUT2D eigenvalue weighted by molar-refractivity contribution is -0.140. The Kier molecular flexibility index (Phi) is 11.8. The van der Waals surface area contributed by atoms with Crippen LogP contribution in [0.4, 0.5) is 5.69 Å². The highest BCUT2D eigenvalue weighted by Crippen LogP contribution is 2.25. The first-order chi connectivity index (χ1) is 16.9. The molecule has 0 aliphatic carbocycles. The molecule has 0 saturated heterocycles. The first-order valence-electron chi connectivity index (χ1n) is 11.7. The number of amides is 2. The van der Waals surface area contributed by atoms with Crippen molar-refractivity contribution in [3.63, 3.8) is 0 Å². The largest absolute Gasteiger partial charge is 0.354 e. The molecule has 0 radical (unpaired) electrons. The van der Waals surface area contributed by atoms with Crippen molar-refractivity contribution in [2.24, 2.45) is 0 Å². The van der Waals surface area contributed by atoms with Crippen molar-refractivity contribution in [1.29, 1.82) is 0 Å². The summed E-state index contributed by atoms with van der Waals surface area (Å²) in [5, 5.41) is 4.11. The molecule has 0 unspecified atom stereocenters. The Bertz CT molecular complexity index is 1140. The van der Waals surface area contributed by atoms with Gasteiger partial charge in [-0.05, 0) is 61.7 Å². The van der Waals surface area contributed by atoms with E-state index in [4.69, 9.17) is 34.8 Å². The minimum absolute atomic E-state index is 0.0491. The first kappa shape index (κ1) is 30.2. The van der Waals surface area contributed by atoms with Gasteiger partial charge in [0.25, 0.3) is 0 Å². The van der Waals surface area contributed by atoms with Crippen molar-refractivity contribution in [3.8, 4) is 0 Å². The molecular weight excluding hydrogens is 545 g/mol. The SMILES string of the molecule is CCCCNC(=O)[C@@H](C)N(Cc1ccc(Cl)c(Cl)c1)C(=O)CCCN(c1ccc(Cl)cc1)S(C)(=O)=O. The smallest absolute Gasteiger partial charge is 0.242 e. The number of benzene rings is 2. The Balaban J connectivity index is 2.16. The van der Waals surface area contributed by atoms with Gasteiger partial charge in [-0.1, -0.05) is 54.2 Å². The molecule has 1 N–H and O–H groups in total. The van der Waals surface area contributed by atoms with E-state index in [0.29, 0.717) is 27.3 Å².